The van der Waals surface area contributed by atoms with Crippen molar-refractivity contribution in [1.82, 2.24) is 10.6 Å². The van der Waals surface area contributed by atoms with Crippen molar-refractivity contribution >= 4 is 11.8 Å². The Kier molecular flexibility index (Phi) is 4.21. The van der Waals surface area contributed by atoms with E-state index in [1.807, 2.05) is 60.7 Å². The molecule has 2 unspecified atom stereocenters. The molecular formula is C19H21N5O. The Labute approximate surface area is 146 Å². The Morgan fingerprint density at radius 3 is 2.48 bits per heavy atom. The van der Waals surface area contributed by atoms with E-state index < -0.39 is 5.79 Å². The highest BCUT2D eigenvalue weighted by Crippen LogP contribution is 2.21. The van der Waals surface area contributed by atoms with Crippen molar-refractivity contribution in [3.8, 4) is 0 Å². The predicted octanol–water partition coefficient (Wildman–Crippen LogP) is 1.54. The molecule has 0 saturated carbocycles. The molecule has 2 atom stereocenters. The number of rotatable bonds is 3. The van der Waals surface area contributed by atoms with Gasteiger partial charge in [0.25, 0.3) is 0 Å². The van der Waals surface area contributed by atoms with Gasteiger partial charge in [0.2, 0.25) is 11.7 Å². The van der Waals surface area contributed by atoms with E-state index in [-0.39, 0.29) is 6.04 Å². The topological polar surface area (TPSA) is 84.0 Å². The molecule has 6 heteroatoms. The molecule has 2 aromatic carbocycles. The van der Waals surface area contributed by atoms with E-state index in [0.29, 0.717) is 18.4 Å². The Morgan fingerprint density at radius 2 is 1.80 bits per heavy atom. The maximum atomic E-state index is 6.62. The Balaban J connectivity index is 1.71. The third-order valence-corrected chi connectivity index (χ3v) is 4.33. The molecule has 25 heavy (non-hydrogen) atoms. The minimum atomic E-state index is -1.07. The standard InChI is InChI=1S/C19H21N5O/c20-19(15-9-5-2-6-10-15)23-17(14-7-3-1-4-8-14)22-18(24-19)21-16-11-12-25-13-16/h1-10,16H,11-13,20H2,(H2,21,22,23,24). The maximum absolute atomic E-state index is 6.62. The second-order valence-electron chi connectivity index (χ2n) is 6.22. The van der Waals surface area contributed by atoms with Crippen molar-refractivity contribution < 1.29 is 4.74 Å². The Morgan fingerprint density at radius 1 is 1.08 bits per heavy atom. The minimum absolute atomic E-state index is 0.206. The van der Waals surface area contributed by atoms with Crippen molar-refractivity contribution in [2.24, 2.45) is 15.7 Å². The first kappa shape index (κ1) is 15.8. The smallest absolute Gasteiger partial charge is 0.224 e. The van der Waals surface area contributed by atoms with Crippen LogP contribution in [0.4, 0.5) is 0 Å². The quantitative estimate of drug-likeness (QED) is 0.794. The van der Waals surface area contributed by atoms with Crippen LogP contribution in [0.3, 0.4) is 0 Å². The summed E-state index contributed by atoms with van der Waals surface area (Å²) >= 11 is 0. The first-order valence-corrected chi connectivity index (χ1v) is 8.44. The third-order valence-electron chi connectivity index (χ3n) is 4.33. The lowest BCUT2D eigenvalue weighted by atomic mass is 10.1. The highest BCUT2D eigenvalue weighted by molar-refractivity contribution is 6.07. The van der Waals surface area contributed by atoms with Gasteiger partial charge in [-0.15, -0.1) is 0 Å². The number of guanidine groups is 1. The van der Waals surface area contributed by atoms with Crippen LogP contribution in [0.5, 0.6) is 0 Å². The van der Waals surface area contributed by atoms with Crippen LogP contribution in [-0.4, -0.2) is 31.1 Å². The molecule has 4 rings (SSSR count). The fraction of sp³-hybridized carbons (Fsp3) is 0.263. The zero-order valence-electron chi connectivity index (χ0n) is 13.9. The third kappa shape index (κ3) is 3.40. The molecule has 1 fully saturated rings. The number of nitrogens with one attached hydrogen (secondary N) is 2. The second-order valence-corrected chi connectivity index (χ2v) is 6.22. The monoisotopic (exact) mass is 335 g/mol. The van der Waals surface area contributed by atoms with Crippen molar-refractivity contribution in [3.63, 3.8) is 0 Å². The van der Waals surface area contributed by atoms with Crippen molar-refractivity contribution in [1.29, 1.82) is 0 Å². The van der Waals surface area contributed by atoms with Gasteiger partial charge in [-0.2, -0.15) is 4.99 Å². The van der Waals surface area contributed by atoms with Gasteiger partial charge in [0.05, 0.1) is 12.6 Å². The lowest BCUT2D eigenvalue weighted by Gasteiger charge is -2.33. The van der Waals surface area contributed by atoms with E-state index >= 15 is 0 Å². The lowest BCUT2D eigenvalue weighted by Crippen LogP contribution is -2.56. The molecular weight excluding hydrogens is 314 g/mol. The van der Waals surface area contributed by atoms with Gasteiger partial charge in [0.1, 0.15) is 5.84 Å². The zero-order valence-corrected chi connectivity index (χ0v) is 13.9. The van der Waals surface area contributed by atoms with Gasteiger partial charge in [-0.25, -0.2) is 4.99 Å². The summed E-state index contributed by atoms with van der Waals surface area (Å²) in [7, 11) is 0. The van der Waals surface area contributed by atoms with Gasteiger partial charge in [-0.1, -0.05) is 60.7 Å². The first-order chi connectivity index (χ1) is 12.2. The van der Waals surface area contributed by atoms with Gasteiger partial charge in [0, 0.05) is 17.7 Å². The molecule has 0 radical (unpaired) electrons. The molecule has 0 spiro atoms. The van der Waals surface area contributed by atoms with Crippen LogP contribution in [0.15, 0.2) is 70.6 Å². The maximum Gasteiger partial charge on any atom is 0.224 e. The van der Waals surface area contributed by atoms with E-state index in [1.54, 1.807) is 0 Å². The zero-order chi connectivity index (χ0) is 17.1. The highest BCUT2D eigenvalue weighted by Gasteiger charge is 2.33. The van der Waals surface area contributed by atoms with Gasteiger partial charge in [-0.3, -0.25) is 5.73 Å². The number of ether oxygens (including phenoxy) is 1. The number of nitrogens with zero attached hydrogens (tertiary/aromatic N) is 2. The number of aliphatic imine (C=N–C) groups is 2. The minimum Gasteiger partial charge on any atom is -0.379 e. The average molecular weight is 335 g/mol. The van der Waals surface area contributed by atoms with E-state index in [1.165, 1.54) is 0 Å². The molecule has 0 aromatic heterocycles. The summed E-state index contributed by atoms with van der Waals surface area (Å²) in [5.74, 6) is 0.151. The fourth-order valence-corrected chi connectivity index (χ4v) is 2.99. The van der Waals surface area contributed by atoms with Crippen LogP contribution in [0.25, 0.3) is 0 Å². The Bertz CT molecular complexity index is 784. The van der Waals surface area contributed by atoms with Crippen molar-refractivity contribution in [2.75, 3.05) is 13.2 Å². The number of amidine groups is 1. The van der Waals surface area contributed by atoms with Gasteiger partial charge >= 0.3 is 0 Å². The summed E-state index contributed by atoms with van der Waals surface area (Å²) in [6.45, 7) is 1.41. The second kappa shape index (κ2) is 6.66. The van der Waals surface area contributed by atoms with Gasteiger partial charge in [-0.05, 0) is 6.42 Å². The molecule has 6 nitrogen and oxygen atoms in total. The number of benzene rings is 2. The SMILES string of the molecule is NC1(c2ccccc2)N=C(NC2CCOC2)N=C(c2ccccc2)N1. The predicted molar refractivity (Wildman–Crippen MR) is 98.2 cm³/mol. The average Bonchev–Trinajstić information content (AvgIpc) is 3.16. The summed E-state index contributed by atoms with van der Waals surface area (Å²) in [5, 5.41) is 6.65. The molecule has 2 heterocycles. The summed E-state index contributed by atoms with van der Waals surface area (Å²) in [6, 6.07) is 19.9. The number of hydrogen-bond donors (Lipinski definition) is 3. The van der Waals surface area contributed by atoms with Crippen LogP contribution < -0.4 is 16.4 Å². The van der Waals surface area contributed by atoms with Crippen molar-refractivity contribution in [3.05, 3.63) is 71.8 Å². The van der Waals surface area contributed by atoms with E-state index in [2.05, 4.69) is 20.6 Å². The molecule has 0 bridgehead atoms. The summed E-state index contributed by atoms with van der Waals surface area (Å²) < 4.78 is 5.43. The van der Waals surface area contributed by atoms with E-state index in [9.17, 15) is 0 Å². The van der Waals surface area contributed by atoms with E-state index in [4.69, 9.17) is 10.5 Å². The molecule has 0 amide bonds. The van der Waals surface area contributed by atoms with E-state index in [0.717, 1.165) is 24.2 Å². The lowest BCUT2D eigenvalue weighted by molar-refractivity contribution is 0.192. The normalized spacial score (nSPS) is 25.7. The van der Waals surface area contributed by atoms with Gasteiger partial charge < -0.3 is 15.4 Å². The Hall–Kier alpha value is -2.70. The van der Waals surface area contributed by atoms with Crippen LogP contribution >= 0.6 is 0 Å². The van der Waals surface area contributed by atoms with Crippen LogP contribution in [-0.2, 0) is 10.5 Å². The van der Waals surface area contributed by atoms with Crippen LogP contribution in [0.2, 0.25) is 0 Å². The number of hydrogen-bond acceptors (Lipinski definition) is 6. The van der Waals surface area contributed by atoms with Crippen LogP contribution in [0.1, 0.15) is 17.5 Å². The molecule has 1 saturated heterocycles. The summed E-state index contributed by atoms with van der Waals surface area (Å²) in [4.78, 5) is 9.30. The van der Waals surface area contributed by atoms with Gasteiger partial charge in [0.15, 0.2) is 0 Å². The highest BCUT2D eigenvalue weighted by atomic mass is 16.5. The number of nitrogens with two attached hydrogens (primary N) is 1. The summed E-state index contributed by atoms with van der Waals surface area (Å²) in [6.07, 6.45) is 0.936. The first-order valence-electron chi connectivity index (χ1n) is 8.44. The fourth-order valence-electron chi connectivity index (χ4n) is 2.99. The molecule has 128 valence electrons. The molecule has 2 aromatic rings. The summed E-state index contributed by atoms with van der Waals surface area (Å²) in [5.41, 5.74) is 8.46. The molecule has 4 N–H and O–H groups in total. The molecule has 0 aliphatic carbocycles. The molecule has 2 aliphatic rings. The largest absolute Gasteiger partial charge is 0.379 e. The van der Waals surface area contributed by atoms with Crippen molar-refractivity contribution in [2.45, 2.75) is 18.2 Å². The van der Waals surface area contributed by atoms with Crippen LogP contribution in [0, 0.1) is 0 Å². The molecule has 2 aliphatic heterocycles.